The van der Waals surface area contributed by atoms with E-state index in [0.29, 0.717) is 11.3 Å². The molecule has 0 spiro atoms. The molecule has 0 amide bonds. The third-order valence-electron chi connectivity index (χ3n) is 1.93. The van der Waals surface area contributed by atoms with Crippen molar-refractivity contribution < 1.29 is 13.5 Å². The molecule has 0 fully saturated rings. The van der Waals surface area contributed by atoms with Gasteiger partial charge in [0.25, 0.3) is 0 Å². The minimum Gasteiger partial charge on any atom is -0.497 e. The van der Waals surface area contributed by atoms with Gasteiger partial charge in [-0.05, 0) is 17.7 Å². The number of halogens is 2. The summed E-state index contributed by atoms with van der Waals surface area (Å²) in [7, 11) is 1.46. The Morgan fingerprint density at radius 1 is 1.38 bits per heavy atom. The molecule has 13 heavy (non-hydrogen) atoms. The van der Waals surface area contributed by atoms with E-state index in [9.17, 15) is 8.78 Å². The summed E-state index contributed by atoms with van der Waals surface area (Å²) in [6, 6.07) is 4.24. The zero-order chi connectivity index (χ0) is 9.84. The Morgan fingerprint density at radius 2 is 2.08 bits per heavy atom. The van der Waals surface area contributed by atoms with Crippen LogP contribution in [0.2, 0.25) is 0 Å². The molecule has 0 aliphatic heterocycles. The van der Waals surface area contributed by atoms with Gasteiger partial charge >= 0.3 is 0 Å². The summed E-state index contributed by atoms with van der Waals surface area (Å²) in [5.74, 6) is -0.255. The number of hydrogen-bond donors (Lipinski definition) is 0. The zero-order valence-corrected chi connectivity index (χ0v) is 7.68. The van der Waals surface area contributed by atoms with Crippen molar-refractivity contribution in [2.24, 2.45) is 0 Å². The first-order valence-corrected chi connectivity index (χ1v) is 4.07. The van der Waals surface area contributed by atoms with Crippen molar-refractivity contribution in [3.63, 3.8) is 0 Å². The normalized spacial score (nSPS) is 12.6. The number of ether oxygens (including phenoxy) is 1. The molecular formula is C10H12F2O. The van der Waals surface area contributed by atoms with Gasteiger partial charge in [0.05, 0.1) is 13.8 Å². The lowest BCUT2D eigenvalue weighted by Gasteiger charge is -2.09. The first-order chi connectivity index (χ1) is 6.17. The molecule has 1 unspecified atom stereocenters. The Balaban J connectivity index is 3.01. The lowest BCUT2D eigenvalue weighted by Crippen LogP contribution is -1.97. The van der Waals surface area contributed by atoms with Gasteiger partial charge in [-0.15, -0.1) is 0 Å². The molecule has 1 rings (SSSR count). The van der Waals surface area contributed by atoms with Crippen LogP contribution >= 0.6 is 0 Å². The standard InChI is InChI=1S/C10H12F2O/c1-7(6-11)8-3-9(12)5-10(4-8)13-2/h3-5,7H,6H2,1-2H3. The monoisotopic (exact) mass is 186 g/mol. The van der Waals surface area contributed by atoms with E-state index in [1.165, 1.54) is 19.2 Å². The van der Waals surface area contributed by atoms with Crippen LogP contribution < -0.4 is 4.74 Å². The summed E-state index contributed by atoms with van der Waals surface area (Å²) in [5.41, 5.74) is 0.624. The van der Waals surface area contributed by atoms with Gasteiger partial charge in [-0.2, -0.15) is 0 Å². The smallest absolute Gasteiger partial charge is 0.127 e. The molecule has 1 atom stereocenters. The van der Waals surface area contributed by atoms with Crippen LogP contribution in [0.4, 0.5) is 8.78 Å². The van der Waals surface area contributed by atoms with Crippen LogP contribution in [-0.4, -0.2) is 13.8 Å². The van der Waals surface area contributed by atoms with Crippen molar-refractivity contribution in [3.8, 4) is 5.75 Å². The summed E-state index contributed by atoms with van der Waals surface area (Å²) >= 11 is 0. The van der Waals surface area contributed by atoms with Gasteiger partial charge in [-0.3, -0.25) is 4.39 Å². The Labute approximate surface area is 76.3 Å². The van der Waals surface area contributed by atoms with E-state index in [1.807, 2.05) is 0 Å². The van der Waals surface area contributed by atoms with Gasteiger partial charge in [-0.25, -0.2) is 4.39 Å². The highest BCUT2D eigenvalue weighted by atomic mass is 19.1. The number of benzene rings is 1. The molecule has 0 saturated heterocycles. The molecule has 0 heterocycles. The number of hydrogen-bond acceptors (Lipinski definition) is 1. The van der Waals surface area contributed by atoms with Crippen LogP contribution in [-0.2, 0) is 0 Å². The van der Waals surface area contributed by atoms with Crippen molar-refractivity contribution in [1.82, 2.24) is 0 Å². The molecule has 1 aromatic carbocycles. The van der Waals surface area contributed by atoms with Gasteiger partial charge in [0, 0.05) is 12.0 Å². The summed E-state index contributed by atoms with van der Waals surface area (Å²) in [6.45, 7) is 1.21. The highest BCUT2D eigenvalue weighted by Crippen LogP contribution is 2.22. The number of methoxy groups -OCH3 is 1. The Hall–Kier alpha value is -1.12. The van der Waals surface area contributed by atoms with Crippen LogP contribution in [0.3, 0.4) is 0 Å². The van der Waals surface area contributed by atoms with Crippen LogP contribution in [0.25, 0.3) is 0 Å². The van der Waals surface area contributed by atoms with E-state index in [0.717, 1.165) is 0 Å². The quantitative estimate of drug-likeness (QED) is 0.705. The van der Waals surface area contributed by atoms with Crippen LogP contribution in [0.1, 0.15) is 18.4 Å². The maximum atomic E-state index is 12.9. The SMILES string of the molecule is COc1cc(F)cc(C(C)CF)c1. The largest absolute Gasteiger partial charge is 0.497 e. The van der Waals surface area contributed by atoms with Crippen LogP contribution in [0, 0.1) is 5.82 Å². The molecule has 0 bridgehead atoms. The van der Waals surface area contributed by atoms with Crippen molar-refractivity contribution in [1.29, 1.82) is 0 Å². The van der Waals surface area contributed by atoms with Crippen molar-refractivity contribution in [2.45, 2.75) is 12.8 Å². The molecule has 1 aromatic rings. The van der Waals surface area contributed by atoms with Crippen LogP contribution in [0.5, 0.6) is 5.75 Å². The number of rotatable bonds is 3. The molecule has 3 heteroatoms. The Bertz CT molecular complexity index is 286. The molecule has 0 saturated carbocycles. The fourth-order valence-corrected chi connectivity index (χ4v) is 1.08. The van der Waals surface area contributed by atoms with Gasteiger partial charge < -0.3 is 4.74 Å². The van der Waals surface area contributed by atoms with E-state index in [4.69, 9.17) is 4.74 Å². The second kappa shape index (κ2) is 4.21. The molecule has 1 nitrogen and oxygen atoms in total. The zero-order valence-electron chi connectivity index (χ0n) is 7.68. The summed E-state index contributed by atoms with van der Waals surface area (Å²) in [4.78, 5) is 0. The maximum absolute atomic E-state index is 12.9. The molecule has 0 aromatic heterocycles. The molecule has 0 aliphatic rings. The van der Waals surface area contributed by atoms with Crippen molar-refractivity contribution in [3.05, 3.63) is 29.6 Å². The second-order valence-electron chi connectivity index (χ2n) is 2.98. The van der Waals surface area contributed by atoms with E-state index < -0.39 is 12.5 Å². The van der Waals surface area contributed by atoms with Gasteiger partial charge in [-0.1, -0.05) is 6.92 Å². The average molecular weight is 186 g/mol. The Morgan fingerprint density at radius 3 is 2.62 bits per heavy atom. The first kappa shape index (κ1) is 9.96. The minimum atomic E-state index is -0.493. The van der Waals surface area contributed by atoms with E-state index in [-0.39, 0.29) is 5.92 Å². The van der Waals surface area contributed by atoms with Crippen molar-refractivity contribution >= 4 is 0 Å². The lowest BCUT2D eigenvalue weighted by atomic mass is 10.0. The molecule has 0 N–H and O–H groups in total. The van der Waals surface area contributed by atoms with Gasteiger partial charge in [0.15, 0.2) is 0 Å². The lowest BCUT2D eigenvalue weighted by molar-refractivity contribution is 0.407. The molecule has 0 aliphatic carbocycles. The average Bonchev–Trinajstić information content (AvgIpc) is 2.15. The second-order valence-corrected chi connectivity index (χ2v) is 2.98. The third kappa shape index (κ3) is 2.41. The van der Waals surface area contributed by atoms with Crippen molar-refractivity contribution in [2.75, 3.05) is 13.8 Å². The minimum absolute atomic E-state index is 0.287. The Kier molecular flexibility index (Phi) is 3.23. The third-order valence-corrected chi connectivity index (χ3v) is 1.93. The number of alkyl halides is 1. The van der Waals surface area contributed by atoms with Gasteiger partial charge in [0.2, 0.25) is 0 Å². The first-order valence-electron chi connectivity index (χ1n) is 4.07. The fraction of sp³-hybridized carbons (Fsp3) is 0.400. The van der Waals surface area contributed by atoms with E-state index in [2.05, 4.69) is 0 Å². The predicted octanol–water partition coefficient (Wildman–Crippen LogP) is 2.91. The summed E-state index contributed by atoms with van der Waals surface area (Å²) < 4.78 is 30.1. The highest BCUT2D eigenvalue weighted by molar-refractivity contribution is 5.31. The predicted molar refractivity (Wildman–Crippen MR) is 47.3 cm³/mol. The molecule has 0 radical (unpaired) electrons. The molecular weight excluding hydrogens is 174 g/mol. The van der Waals surface area contributed by atoms with E-state index in [1.54, 1.807) is 13.0 Å². The maximum Gasteiger partial charge on any atom is 0.127 e. The van der Waals surface area contributed by atoms with E-state index >= 15 is 0 Å². The fourth-order valence-electron chi connectivity index (χ4n) is 1.08. The summed E-state index contributed by atoms with van der Waals surface area (Å²) in [5, 5.41) is 0. The summed E-state index contributed by atoms with van der Waals surface area (Å²) in [6.07, 6.45) is 0. The molecule has 72 valence electrons. The highest BCUT2D eigenvalue weighted by Gasteiger charge is 2.08. The van der Waals surface area contributed by atoms with Crippen LogP contribution in [0.15, 0.2) is 18.2 Å². The topological polar surface area (TPSA) is 9.23 Å². The van der Waals surface area contributed by atoms with Gasteiger partial charge in [0.1, 0.15) is 11.6 Å².